The van der Waals surface area contributed by atoms with Crippen LogP contribution in [-0.4, -0.2) is 27.4 Å². The smallest absolute Gasteiger partial charge is 0.339 e. The molecule has 3 rings (SSSR count). The highest BCUT2D eigenvalue weighted by Gasteiger charge is 2.27. The highest BCUT2D eigenvalue weighted by Crippen LogP contribution is 2.39. The average Bonchev–Trinajstić information content (AvgIpc) is 2.31. The van der Waals surface area contributed by atoms with E-state index in [-0.39, 0.29) is 23.4 Å². The summed E-state index contributed by atoms with van der Waals surface area (Å²) in [6.07, 6.45) is 0.259. The Kier molecular flexibility index (Phi) is 2.32. The highest BCUT2D eigenvalue weighted by molar-refractivity contribution is 6.09. The Hall–Kier alpha value is -2.43. The third-order valence-corrected chi connectivity index (χ3v) is 3.31. The van der Waals surface area contributed by atoms with Crippen molar-refractivity contribution < 1.29 is 24.9 Å². The van der Waals surface area contributed by atoms with E-state index in [2.05, 4.69) is 0 Å². The Labute approximate surface area is 108 Å². The van der Waals surface area contributed by atoms with Gasteiger partial charge in [-0.2, -0.15) is 0 Å². The average molecular weight is 260 g/mol. The fourth-order valence-electron chi connectivity index (χ4n) is 2.48. The maximum atomic E-state index is 12.0. The van der Waals surface area contributed by atoms with Crippen LogP contribution < -0.4 is 0 Å². The van der Waals surface area contributed by atoms with E-state index >= 15 is 0 Å². The molecule has 2 aromatic rings. The fourth-order valence-corrected chi connectivity index (χ4v) is 2.48. The van der Waals surface area contributed by atoms with Gasteiger partial charge in [0.05, 0.1) is 5.56 Å². The topological polar surface area (TPSA) is 87.0 Å². The Morgan fingerprint density at radius 3 is 2.37 bits per heavy atom. The second kappa shape index (κ2) is 3.78. The Morgan fingerprint density at radius 2 is 1.68 bits per heavy atom. The lowest BCUT2D eigenvalue weighted by molar-refractivity contribution is 0.0304. The molecule has 0 bridgehead atoms. The Balaban J connectivity index is 2.41. The molecule has 19 heavy (non-hydrogen) atoms. The first kappa shape index (κ1) is 11.6. The van der Waals surface area contributed by atoms with Crippen molar-refractivity contribution in [2.75, 3.05) is 0 Å². The van der Waals surface area contributed by atoms with E-state index < -0.39 is 5.97 Å². The second-order valence-electron chi connectivity index (χ2n) is 4.74. The van der Waals surface area contributed by atoms with Gasteiger partial charge in [-0.25, -0.2) is 4.79 Å². The van der Waals surface area contributed by atoms with Crippen molar-refractivity contribution in [1.29, 1.82) is 0 Å². The number of phenolic OH excluding ortho intramolecular Hbond substituents is 3. The van der Waals surface area contributed by atoms with Gasteiger partial charge in [0.1, 0.15) is 11.9 Å². The van der Waals surface area contributed by atoms with Crippen LogP contribution >= 0.6 is 0 Å². The third-order valence-electron chi connectivity index (χ3n) is 3.31. The van der Waals surface area contributed by atoms with E-state index in [4.69, 9.17) is 4.74 Å². The molecular formula is C14H12O5. The van der Waals surface area contributed by atoms with Gasteiger partial charge in [-0.05, 0) is 30.7 Å². The van der Waals surface area contributed by atoms with Crippen LogP contribution in [0.5, 0.6) is 17.2 Å². The molecule has 0 amide bonds. The molecule has 5 heteroatoms. The number of aromatic hydroxyl groups is 3. The van der Waals surface area contributed by atoms with Crippen LogP contribution in [-0.2, 0) is 11.2 Å². The maximum absolute atomic E-state index is 12.0. The second-order valence-corrected chi connectivity index (χ2v) is 4.74. The summed E-state index contributed by atoms with van der Waals surface area (Å²) in [5.74, 6) is -1.21. The zero-order valence-electron chi connectivity index (χ0n) is 10.2. The highest BCUT2D eigenvalue weighted by atomic mass is 16.5. The molecule has 0 radical (unpaired) electrons. The van der Waals surface area contributed by atoms with Crippen LogP contribution in [0.15, 0.2) is 18.2 Å². The molecule has 98 valence electrons. The summed E-state index contributed by atoms with van der Waals surface area (Å²) in [7, 11) is 0. The molecule has 0 spiro atoms. The number of fused-ring (bicyclic) bond motifs is 3. The van der Waals surface area contributed by atoms with E-state index in [0.717, 1.165) is 0 Å². The molecule has 0 saturated carbocycles. The largest absolute Gasteiger partial charge is 0.507 e. The van der Waals surface area contributed by atoms with Crippen molar-refractivity contribution in [3.05, 3.63) is 29.3 Å². The van der Waals surface area contributed by atoms with Gasteiger partial charge >= 0.3 is 5.97 Å². The number of carbonyl (C=O) groups is 1. The molecule has 1 heterocycles. The van der Waals surface area contributed by atoms with Gasteiger partial charge in [0.2, 0.25) is 0 Å². The summed E-state index contributed by atoms with van der Waals surface area (Å²) >= 11 is 0. The monoisotopic (exact) mass is 260 g/mol. The molecule has 0 aromatic heterocycles. The number of carbonyl (C=O) groups excluding carboxylic acids is 1. The first-order valence-corrected chi connectivity index (χ1v) is 5.89. The molecule has 0 saturated heterocycles. The lowest BCUT2D eigenvalue weighted by atomic mass is 9.92. The minimum Gasteiger partial charge on any atom is -0.507 e. The standard InChI is InChI=1S/C14H12O5/c1-6-2-7-3-10(15)8-4-11(16)12(17)5-9(8)13(7)14(18)19-6/h3-6,15-17H,2H2,1H3/t6-/m0/s1. The molecule has 0 unspecified atom stereocenters. The van der Waals surface area contributed by atoms with Gasteiger partial charge in [-0.3, -0.25) is 0 Å². The number of rotatable bonds is 0. The summed E-state index contributed by atoms with van der Waals surface area (Å²) in [6, 6.07) is 4.00. The summed E-state index contributed by atoms with van der Waals surface area (Å²) in [4.78, 5) is 12.0. The molecule has 1 aliphatic heterocycles. The van der Waals surface area contributed by atoms with Gasteiger partial charge < -0.3 is 20.1 Å². The van der Waals surface area contributed by atoms with E-state index in [1.807, 2.05) is 0 Å². The Morgan fingerprint density at radius 1 is 1.05 bits per heavy atom. The maximum Gasteiger partial charge on any atom is 0.339 e. The van der Waals surface area contributed by atoms with Gasteiger partial charge in [-0.1, -0.05) is 0 Å². The van der Waals surface area contributed by atoms with Gasteiger partial charge in [0, 0.05) is 17.2 Å². The summed E-state index contributed by atoms with van der Waals surface area (Å²) < 4.78 is 5.17. The first-order chi connectivity index (χ1) is 8.97. The molecule has 2 aromatic carbocycles. The molecule has 0 fully saturated rings. The SMILES string of the molecule is C[C@H]1Cc2cc(O)c3cc(O)c(O)cc3c2C(=O)O1. The van der Waals surface area contributed by atoms with Crippen LogP contribution in [0.4, 0.5) is 0 Å². The fraction of sp³-hybridized carbons (Fsp3) is 0.214. The van der Waals surface area contributed by atoms with Crippen LogP contribution in [0.3, 0.4) is 0 Å². The Bertz CT molecular complexity index is 705. The summed E-state index contributed by atoms with van der Waals surface area (Å²) in [5, 5.41) is 29.7. The third kappa shape index (κ3) is 1.66. The predicted molar refractivity (Wildman–Crippen MR) is 67.5 cm³/mol. The number of phenols is 3. The minimum atomic E-state index is -0.483. The first-order valence-electron chi connectivity index (χ1n) is 5.89. The van der Waals surface area contributed by atoms with Crippen LogP contribution in [0.1, 0.15) is 22.8 Å². The zero-order chi connectivity index (χ0) is 13.7. The van der Waals surface area contributed by atoms with Crippen molar-refractivity contribution in [3.8, 4) is 17.2 Å². The summed E-state index contributed by atoms with van der Waals surface area (Å²) in [6.45, 7) is 1.77. The van der Waals surface area contributed by atoms with Gasteiger partial charge in [-0.15, -0.1) is 0 Å². The number of ether oxygens (including phenoxy) is 1. The van der Waals surface area contributed by atoms with Crippen LogP contribution in [0.2, 0.25) is 0 Å². The normalized spacial score (nSPS) is 18.2. The number of benzene rings is 2. The zero-order valence-corrected chi connectivity index (χ0v) is 10.2. The van der Waals surface area contributed by atoms with Gasteiger partial charge in [0.25, 0.3) is 0 Å². The van der Waals surface area contributed by atoms with Gasteiger partial charge in [0.15, 0.2) is 11.5 Å². The molecule has 5 nitrogen and oxygen atoms in total. The number of esters is 1. The van der Waals surface area contributed by atoms with Crippen molar-refractivity contribution in [1.82, 2.24) is 0 Å². The van der Waals surface area contributed by atoms with E-state index in [0.29, 0.717) is 28.3 Å². The van der Waals surface area contributed by atoms with E-state index in [1.54, 1.807) is 6.92 Å². The molecule has 1 atom stereocenters. The van der Waals surface area contributed by atoms with Crippen molar-refractivity contribution in [3.63, 3.8) is 0 Å². The van der Waals surface area contributed by atoms with Crippen molar-refractivity contribution in [2.45, 2.75) is 19.4 Å². The lowest BCUT2D eigenvalue weighted by Gasteiger charge is -2.23. The molecule has 1 aliphatic rings. The summed E-state index contributed by atoms with van der Waals surface area (Å²) in [5.41, 5.74) is 1.01. The van der Waals surface area contributed by atoms with E-state index in [1.165, 1.54) is 18.2 Å². The van der Waals surface area contributed by atoms with Crippen LogP contribution in [0.25, 0.3) is 10.8 Å². The van der Waals surface area contributed by atoms with E-state index in [9.17, 15) is 20.1 Å². The molecular weight excluding hydrogens is 248 g/mol. The number of cyclic esters (lactones) is 1. The molecule has 3 N–H and O–H groups in total. The minimum absolute atomic E-state index is 0.0362. The van der Waals surface area contributed by atoms with Crippen LogP contribution in [0, 0.1) is 0 Å². The quantitative estimate of drug-likeness (QED) is 0.498. The number of hydrogen-bond acceptors (Lipinski definition) is 5. The predicted octanol–water partition coefficient (Wildman–Crippen LogP) is 2.06. The lowest BCUT2D eigenvalue weighted by Crippen LogP contribution is -2.25. The van der Waals surface area contributed by atoms with Crippen molar-refractivity contribution in [2.24, 2.45) is 0 Å². The number of hydrogen-bond donors (Lipinski definition) is 3. The van der Waals surface area contributed by atoms with Crippen molar-refractivity contribution >= 4 is 16.7 Å². The molecule has 0 aliphatic carbocycles.